The zero-order chi connectivity index (χ0) is 27.7. The minimum Gasteiger partial charge on any atom is -0.480 e. The van der Waals surface area contributed by atoms with Gasteiger partial charge in [0, 0.05) is 61.5 Å². The van der Waals surface area contributed by atoms with Gasteiger partial charge < -0.3 is 14.2 Å². The maximum Gasteiger partial charge on any atom is 0.434 e. The van der Waals surface area contributed by atoms with Gasteiger partial charge in [-0.05, 0) is 37.1 Å². The number of rotatable bonds is 5. The minimum atomic E-state index is -4.49. The molecule has 0 unspecified atom stereocenters. The Bertz CT molecular complexity index is 1550. The number of aromatic nitrogens is 6. The number of methoxy groups -OCH3 is 1. The van der Waals surface area contributed by atoms with Crippen molar-refractivity contribution in [2.24, 2.45) is 14.1 Å². The van der Waals surface area contributed by atoms with Crippen molar-refractivity contribution < 1.29 is 17.9 Å². The molecule has 204 valence electrons. The second-order valence-corrected chi connectivity index (χ2v) is 11.1. The van der Waals surface area contributed by atoms with Crippen molar-refractivity contribution in [3.63, 3.8) is 0 Å². The van der Waals surface area contributed by atoms with Crippen molar-refractivity contribution in [1.29, 1.82) is 0 Å². The van der Waals surface area contributed by atoms with Crippen molar-refractivity contribution >= 4 is 5.69 Å². The molecule has 0 spiro atoms. The summed E-state index contributed by atoms with van der Waals surface area (Å²) in [6.45, 7) is 5.76. The Morgan fingerprint density at radius 1 is 1.05 bits per heavy atom. The molecule has 0 saturated heterocycles. The van der Waals surface area contributed by atoms with Gasteiger partial charge in [-0.2, -0.15) is 18.3 Å². The Balaban J connectivity index is 1.38. The van der Waals surface area contributed by atoms with Crippen LogP contribution in [-0.4, -0.2) is 43.0 Å². The van der Waals surface area contributed by atoms with Gasteiger partial charge in [0.15, 0.2) is 5.69 Å². The van der Waals surface area contributed by atoms with E-state index >= 15 is 0 Å². The summed E-state index contributed by atoms with van der Waals surface area (Å²) in [6, 6.07) is 7.53. The van der Waals surface area contributed by atoms with E-state index < -0.39 is 11.9 Å². The number of hydrogen-bond acceptors (Lipinski definition) is 6. The van der Waals surface area contributed by atoms with Crippen molar-refractivity contribution in [2.75, 3.05) is 18.6 Å². The highest BCUT2D eigenvalue weighted by Crippen LogP contribution is 2.48. The molecule has 39 heavy (non-hydrogen) atoms. The lowest BCUT2D eigenvalue weighted by atomic mass is 9.81. The summed E-state index contributed by atoms with van der Waals surface area (Å²) in [7, 11) is 5.17. The number of anilines is 1. The molecule has 11 heteroatoms. The third-order valence-corrected chi connectivity index (χ3v) is 7.61. The van der Waals surface area contributed by atoms with Crippen LogP contribution in [0.1, 0.15) is 55.3 Å². The van der Waals surface area contributed by atoms with Gasteiger partial charge in [0.25, 0.3) is 0 Å². The summed E-state index contributed by atoms with van der Waals surface area (Å²) in [6.07, 6.45) is 0.265. The number of ether oxygens (including phenoxy) is 1. The lowest BCUT2D eigenvalue weighted by molar-refractivity contribution is -0.140. The second-order valence-electron chi connectivity index (χ2n) is 11.1. The molecule has 6 rings (SSSR count). The van der Waals surface area contributed by atoms with E-state index in [-0.39, 0.29) is 11.2 Å². The van der Waals surface area contributed by atoms with Gasteiger partial charge in [0.05, 0.1) is 24.1 Å². The van der Waals surface area contributed by atoms with Gasteiger partial charge in [0.2, 0.25) is 5.88 Å². The van der Waals surface area contributed by atoms with Crippen LogP contribution in [0.15, 0.2) is 36.8 Å². The van der Waals surface area contributed by atoms with E-state index in [4.69, 9.17) is 9.84 Å². The number of alkyl halides is 3. The molecular weight excluding hydrogens is 507 g/mol. The predicted octanol–water partition coefficient (Wildman–Crippen LogP) is 5.48. The van der Waals surface area contributed by atoms with Crippen molar-refractivity contribution in [2.45, 2.75) is 50.7 Å². The maximum atomic E-state index is 13.2. The van der Waals surface area contributed by atoms with Crippen LogP contribution in [0.5, 0.6) is 5.88 Å². The first-order valence-electron chi connectivity index (χ1n) is 12.9. The zero-order valence-electron chi connectivity index (χ0n) is 22.5. The van der Waals surface area contributed by atoms with Crippen LogP contribution >= 0.6 is 0 Å². The molecule has 0 atom stereocenters. The summed E-state index contributed by atoms with van der Waals surface area (Å²) in [5.74, 6) is 1.19. The number of hydrogen-bond donors (Lipinski definition) is 0. The van der Waals surface area contributed by atoms with E-state index in [2.05, 4.69) is 33.7 Å². The molecule has 1 aliphatic heterocycles. The van der Waals surface area contributed by atoms with E-state index in [1.165, 1.54) is 4.57 Å². The van der Waals surface area contributed by atoms with Crippen LogP contribution in [0, 0.1) is 0 Å². The number of benzene rings is 1. The molecule has 0 N–H and O–H groups in total. The normalized spacial score (nSPS) is 16.9. The molecule has 0 amide bonds. The number of fused-ring (bicyclic) bond motifs is 1. The molecule has 3 aromatic heterocycles. The van der Waals surface area contributed by atoms with Gasteiger partial charge in [-0.25, -0.2) is 15.0 Å². The lowest BCUT2D eigenvalue weighted by Crippen LogP contribution is -2.43. The molecule has 4 heterocycles. The quantitative estimate of drug-likeness (QED) is 0.336. The lowest BCUT2D eigenvalue weighted by Gasteiger charge is -2.40. The molecule has 1 aliphatic carbocycles. The average molecular weight is 538 g/mol. The standard InChI is InChI=1S/C28H30F3N7O/c1-27(2)14-38(18-10-8-17(9-11-18)25-34-20(13-36(25)3)28(29,30)31)12-19-23(35-37(4)24(19)27)21-22(16-6-7-16)32-15-33-26(21)39-5/h8-11,13,15-16H,6-7,12,14H2,1-5H3. The van der Waals surface area contributed by atoms with Gasteiger partial charge in [-0.15, -0.1) is 0 Å². The van der Waals surface area contributed by atoms with Crippen LogP contribution in [-0.2, 0) is 32.2 Å². The van der Waals surface area contributed by atoms with Gasteiger partial charge >= 0.3 is 6.18 Å². The highest BCUT2D eigenvalue weighted by atomic mass is 19.4. The molecule has 8 nitrogen and oxygen atoms in total. The average Bonchev–Trinajstić information content (AvgIpc) is 3.57. The Hall–Kier alpha value is -3.89. The number of nitrogens with zero attached hydrogens (tertiary/aromatic N) is 7. The van der Waals surface area contributed by atoms with E-state index in [0.29, 0.717) is 23.9 Å². The molecule has 1 fully saturated rings. The molecule has 2 aliphatic rings. The topological polar surface area (TPSA) is 73.9 Å². The molecular formula is C28H30F3N7O. The number of imidazole rings is 1. The molecule has 1 saturated carbocycles. The summed E-state index contributed by atoms with van der Waals surface area (Å²) in [4.78, 5) is 15.1. The number of aryl methyl sites for hydroxylation is 2. The fourth-order valence-corrected chi connectivity index (χ4v) is 5.86. The first kappa shape index (κ1) is 25.4. The summed E-state index contributed by atoms with van der Waals surface area (Å²) in [5.41, 5.74) is 5.41. The Kier molecular flexibility index (Phi) is 5.74. The van der Waals surface area contributed by atoms with Gasteiger partial charge in [-0.3, -0.25) is 4.68 Å². The Labute approximate surface area is 224 Å². The highest BCUT2D eigenvalue weighted by Gasteiger charge is 2.40. The smallest absolute Gasteiger partial charge is 0.434 e. The van der Waals surface area contributed by atoms with Crippen LogP contribution in [0.25, 0.3) is 22.6 Å². The summed E-state index contributed by atoms with van der Waals surface area (Å²) >= 11 is 0. The third-order valence-electron chi connectivity index (χ3n) is 7.61. The van der Waals surface area contributed by atoms with Gasteiger partial charge in [0.1, 0.15) is 17.8 Å². The monoisotopic (exact) mass is 537 g/mol. The molecule has 4 aromatic rings. The van der Waals surface area contributed by atoms with Crippen molar-refractivity contribution in [3.8, 4) is 28.5 Å². The van der Waals surface area contributed by atoms with E-state index in [0.717, 1.165) is 59.5 Å². The predicted molar refractivity (Wildman–Crippen MR) is 140 cm³/mol. The zero-order valence-corrected chi connectivity index (χ0v) is 22.5. The van der Waals surface area contributed by atoms with Crippen molar-refractivity contribution in [3.05, 3.63) is 59.4 Å². The van der Waals surface area contributed by atoms with E-state index in [1.807, 2.05) is 36.0 Å². The fourth-order valence-electron chi connectivity index (χ4n) is 5.86. The van der Waals surface area contributed by atoms with E-state index in [9.17, 15) is 13.2 Å². The maximum absolute atomic E-state index is 13.2. The first-order chi connectivity index (χ1) is 18.5. The van der Waals surface area contributed by atoms with Crippen LogP contribution in [0.4, 0.5) is 18.9 Å². The molecule has 0 radical (unpaired) electrons. The third kappa shape index (κ3) is 4.33. The summed E-state index contributed by atoms with van der Waals surface area (Å²) in [5, 5.41) is 4.98. The Morgan fingerprint density at radius 3 is 2.38 bits per heavy atom. The Morgan fingerprint density at radius 2 is 1.77 bits per heavy atom. The second kappa shape index (κ2) is 8.82. The summed E-state index contributed by atoms with van der Waals surface area (Å²) < 4.78 is 48.6. The van der Waals surface area contributed by atoms with Gasteiger partial charge in [-0.1, -0.05) is 13.8 Å². The number of halogens is 3. The van der Waals surface area contributed by atoms with Crippen LogP contribution in [0.3, 0.4) is 0 Å². The molecule has 0 bridgehead atoms. The van der Waals surface area contributed by atoms with Crippen LogP contribution < -0.4 is 9.64 Å². The fraction of sp³-hybridized carbons (Fsp3) is 0.429. The molecule has 1 aromatic carbocycles. The minimum absolute atomic E-state index is 0.226. The first-order valence-corrected chi connectivity index (χ1v) is 12.9. The highest BCUT2D eigenvalue weighted by molar-refractivity contribution is 5.74. The SMILES string of the molecule is COc1ncnc(C2CC2)c1-c1nn(C)c2c1CN(c1ccc(-c3nc(C(F)(F)F)cn3C)cc1)CC2(C)C. The van der Waals surface area contributed by atoms with E-state index in [1.54, 1.807) is 20.5 Å². The van der Waals surface area contributed by atoms with Crippen molar-refractivity contribution in [1.82, 2.24) is 29.3 Å². The van der Waals surface area contributed by atoms with Crippen LogP contribution in [0.2, 0.25) is 0 Å². The largest absolute Gasteiger partial charge is 0.480 e.